The van der Waals surface area contributed by atoms with E-state index in [1.807, 2.05) is 0 Å². The van der Waals surface area contributed by atoms with Crippen LogP contribution in [0.3, 0.4) is 0 Å². The van der Waals surface area contributed by atoms with Gasteiger partial charge in [0, 0.05) is 6.04 Å². The second kappa shape index (κ2) is 4.10. The highest BCUT2D eigenvalue weighted by Gasteiger charge is 2.25. The van der Waals surface area contributed by atoms with E-state index in [0.717, 1.165) is 0 Å². The zero-order valence-electron chi connectivity index (χ0n) is 8.94. The summed E-state index contributed by atoms with van der Waals surface area (Å²) in [7, 11) is 4.31. The molecule has 0 saturated carbocycles. The molecule has 0 spiro atoms. The third-order valence-electron chi connectivity index (χ3n) is 2.80. The van der Waals surface area contributed by atoms with Crippen molar-refractivity contribution in [3.8, 4) is 0 Å². The minimum atomic E-state index is 0.457. The van der Waals surface area contributed by atoms with E-state index >= 15 is 0 Å². The molecule has 0 bridgehead atoms. The third-order valence-corrected chi connectivity index (χ3v) is 2.80. The number of nitrogens with zero attached hydrogens (tertiary/aromatic N) is 1. The van der Waals surface area contributed by atoms with Crippen LogP contribution in [0.15, 0.2) is 0 Å². The van der Waals surface area contributed by atoms with Gasteiger partial charge in [0.25, 0.3) is 0 Å². The minimum Gasteiger partial charge on any atom is -0.306 e. The molecule has 0 aliphatic heterocycles. The molecule has 0 amide bonds. The fourth-order valence-corrected chi connectivity index (χ4v) is 1.55. The Bertz CT molecular complexity index is 105. The lowest BCUT2D eigenvalue weighted by atomic mass is 9.81. The van der Waals surface area contributed by atoms with Crippen LogP contribution in [0, 0.1) is 5.41 Å². The van der Waals surface area contributed by atoms with Gasteiger partial charge in [-0.15, -0.1) is 0 Å². The van der Waals surface area contributed by atoms with Crippen LogP contribution in [0.25, 0.3) is 0 Å². The van der Waals surface area contributed by atoms with Crippen molar-refractivity contribution in [2.75, 3.05) is 14.1 Å². The molecule has 0 saturated heterocycles. The van der Waals surface area contributed by atoms with E-state index in [4.69, 9.17) is 0 Å². The molecule has 1 unspecified atom stereocenters. The Morgan fingerprint density at radius 2 is 1.73 bits per heavy atom. The highest BCUT2D eigenvalue weighted by atomic mass is 15.1. The first-order valence-electron chi connectivity index (χ1n) is 4.58. The van der Waals surface area contributed by atoms with Crippen LogP contribution in [0.2, 0.25) is 0 Å². The number of hydrogen-bond acceptors (Lipinski definition) is 1. The van der Waals surface area contributed by atoms with Gasteiger partial charge < -0.3 is 4.90 Å². The average molecular weight is 157 g/mol. The lowest BCUT2D eigenvalue weighted by Crippen LogP contribution is -2.38. The van der Waals surface area contributed by atoms with Crippen molar-refractivity contribution in [1.82, 2.24) is 4.90 Å². The molecule has 0 rings (SSSR count). The monoisotopic (exact) mass is 157 g/mol. The fourth-order valence-electron chi connectivity index (χ4n) is 1.55. The van der Waals surface area contributed by atoms with Gasteiger partial charge in [-0.05, 0) is 32.9 Å². The maximum absolute atomic E-state index is 2.35. The molecule has 0 N–H and O–H groups in total. The molecule has 0 heterocycles. The van der Waals surface area contributed by atoms with E-state index in [1.54, 1.807) is 0 Å². The molecule has 0 aromatic rings. The Morgan fingerprint density at radius 1 is 1.27 bits per heavy atom. The van der Waals surface area contributed by atoms with E-state index in [-0.39, 0.29) is 0 Å². The summed E-state index contributed by atoms with van der Waals surface area (Å²) in [5.41, 5.74) is 0.457. The first-order chi connectivity index (χ1) is 4.91. The van der Waals surface area contributed by atoms with Gasteiger partial charge in [0.05, 0.1) is 0 Å². The lowest BCUT2D eigenvalue weighted by Gasteiger charge is -2.36. The molecule has 68 valence electrons. The summed E-state index contributed by atoms with van der Waals surface area (Å²) in [5, 5.41) is 0. The van der Waals surface area contributed by atoms with E-state index in [9.17, 15) is 0 Å². The topological polar surface area (TPSA) is 3.24 Å². The molecule has 0 radical (unpaired) electrons. The summed E-state index contributed by atoms with van der Waals surface area (Å²) in [5.74, 6) is 0. The first kappa shape index (κ1) is 11.0. The van der Waals surface area contributed by atoms with Crippen molar-refractivity contribution in [3.05, 3.63) is 0 Å². The van der Waals surface area contributed by atoms with Crippen molar-refractivity contribution in [2.24, 2.45) is 5.41 Å². The molecule has 11 heavy (non-hydrogen) atoms. The van der Waals surface area contributed by atoms with Crippen molar-refractivity contribution in [1.29, 1.82) is 0 Å². The lowest BCUT2D eigenvalue weighted by molar-refractivity contribution is 0.140. The van der Waals surface area contributed by atoms with Gasteiger partial charge in [-0.25, -0.2) is 0 Å². The highest BCUT2D eigenvalue weighted by Crippen LogP contribution is 2.28. The summed E-state index contributed by atoms with van der Waals surface area (Å²) in [6.07, 6.45) is 2.59. The zero-order chi connectivity index (χ0) is 9.07. The summed E-state index contributed by atoms with van der Waals surface area (Å²) >= 11 is 0. The molecule has 0 aromatic carbocycles. The van der Waals surface area contributed by atoms with E-state index in [0.29, 0.717) is 11.5 Å². The second-order valence-corrected chi connectivity index (χ2v) is 4.38. The Hall–Kier alpha value is -0.0400. The highest BCUT2D eigenvalue weighted by molar-refractivity contribution is 4.79. The summed E-state index contributed by atoms with van der Waals surface area (Å²) in [6, 6.07) is 0.669. The molecule has 0 aliphatic carbocycles. The van der Waals surface area contributed by atoms with Crippen LogP contribution >= 0.6 is 0 Å². The van der Waals surface area contributed by atoms with Crippen LogP contribution in [-0.4, -0.2) is 25.0 Å². The Kier molecular flexibility index (Phi) is 4.09. The summed E-state index contributed by atoms with van der Waals surface area (Å²) in [6.45, 7) is 9.25. The van der Waals surface area contributed by atoms with E-state index < -0.39 is 0 Å². The SMILES string of the molecule is CCCC(C)(C)C(C)N(C)C. The van der Waals surface area contributed by atoms with Gasteiger partial charge in [0.2, 0.25) is 0 Å². The molecule has 0 aliphatic rings. The van der Waals surface area contributed by atoms with Crippen molar-refractivity contribution >= 4 is 0 Å². The predicted octanol–water partition coefficient (Wildman–Crippen LogP) is 2.76. The molecular formula is C10H23N. The third kappa shape index (κ3) is 3.24. The largest absolute Gasteiger partial charge is 0.306 e. The smallest absolute Gasteiger partial charge is 0.0112 e. The van der Waals surface area contributed by atoms with Crippen LogP contribution in [0.1, 0.15) is 40.5 Å². The normalized spacial score (nSPS) is 15.5. The maximum Gasteiger partial charge on any atom is 0.0112 e. The van der Waals surface area contributed by atoms with E-state index in [1.165, 1.54) is 12.8 Å². The molecule has 0 aromatic heterocycles. The average Bonchev–Trinajstić information content (AvgIpc) is 1.86. The standard InChI is InChI=1S/C10H23N/c1-7-8-10(3,4)9(2)11(5)6/h9H,7-8H2,1-6H3. The molecule has 1 nitrogen and oxygen atoms in total. The van der Waals surface area contributed by atoms with Gasteiger partial charge in [-0.3, -0.25) is 0 Å². The van der Waals surface area contributed by atoms with Gasteiger partial charge in [0.15, 0.2) is 0 Å². The Labute approximate surface area is 71.8 Å². The maximum atomic E-state index is 2.35. The van der Waals surface area contributed by atoms with Crippen molar-refractivity contribution in [2.45, 2.75) is 46.6 Å². The van der Waals surface area contributed by atoms with Crippen LogP contribution in [-0.2, 0) is 0 Å². The summed E-state index contributed by atoms with van der Waals surface area (Å²) in [4.78, 5) is 2.30. The Balaban J connectivity index is 4.05. The van der Waals surface area contributed by atoms with Crippen LogP contribution < -0.4 is 0 Å². The van der Waals surface area contributed by atoms with Crippen LogP contribution in [0.5, 0.6) is 0 Å². The van der Waals surface area contributed by atoms with E-state index in [2.05, 4.69) is 46.7 Å². The summed E-state index contributed by atoms with van der Waals surface area (Å²) < 4.78 is 0. The van der Waals surface area contributed by atoms with Gasteiger partial charge >= 0.3 is 0 Å². The molecule has 1 heteroatoms. The first-order valence-corrected chi connectivity index (χ1v) is 4.58. The predicted molar refractivity (Wildman–Crippen MR) is 51.8 cm³/mol. The number of hydrogen-bond donors (Lipinski definition) is 0. The second-order valence-electron chi connectivity index (χ2n) is 4.38. The zero-order valence-corrected chi connectivity index (χ0v) is 8.94. The fraction of sp³-hybridized carbons (Fsp3) is 1.00. The van der Waals surface area contributed by atoms with Gasteiger partial charge in [-0.1, -0.05) is 27.2 Å². The number of rotatable bonds is 4. The molecule has 1 atom stereocenters. The van der Waals surface area contributed by atoms with Gasteiger partial charge in [-0.2, -0.15) is 0 Å². The Morgan fingerprint density at radius 3 is 2.00 bits per heavy atom. The van der Waals surface area contributed by atoms with Crippen molar-refractivity contribution < 1.29 is 0 Å². The van der Waals surface area contributed by atoms with Gasteiger partial charge in [0.1, 0.15) is 0 Å². The van der Waals surface area contributed by atoms with Crippen LogP contribution in [0.4, 0.5) is 0 Å². The minimum absolute atomic E-state index is 0.457. The molecular weight excluding hydrogens is 134 g/mol. The molecule has 0 fully saturated rings. The quantitative estimate of drug-likeness (QED) is 0.606. The van der Waals surface area contributed by atoms with Crippen molar-refractivity contribution in [3.63, 3.8) is 0 Å².